The topological polar surface area (TPSA) is 93.2 Å². The van der Waals surface area contributed by atoms with Gasteiger partial charge >= 0.3 is 5.97 Å². The standard InChI is InChI=1S/C8H12N2O3/c1-2-13-8(12)7(10)3-6(4-9)5-11/h5-7H,2-3,10H2,1H3. The third-order valence-electron chi connectivity index (χ3n) is 1.43. The van der Waals surface area contributed by atoms with E-state index in [1.807, 2.05) is 0 Å². The fourth-order valence-corrected chi connectivity index (χ4v) is 0.758. The minimum Gasteiger partial charge on any atom is -0.465 e. The van der Waals surface area contributed by atoms with Crippen molar-refractivity contribution >= 4 is 12.3 Å². The molecule has 5 heteroatoms. The molecule has 2 unspecified atom stereocenters. The summed E-state index contributed by atoms with van der Waals surface area (Å²) < 4.78 is 4.60. The van der Waals surface area contributed by atoms with Crippen molar-refractivity contribution in [1.29, 1.82) is 5.26 Å². The van der Waals surface area contributed by atoms with Gasteiger partial charge in [0.2, 0.25) is 0 Å². The van der Waals surface area contributed by atoms with E-state index in [9.17, 15) is 9.59 Å². The van der Waals surface area contributed by atoms with Gasteiger partial charge in [-0.3, -0.25) is 4.79 Å². The highest BCUT2D eigenvalue weighted by atomic mass is 16.5. The van der Waals surface area contributed by atoms with Crippen LogP contribution in [-0.2, 0) is 14.3 Å². The van der Waals surface area contributed by atoms with Crippen molar-refractivity contribution in [2.45, 2.75) is 19.4 Å². The summed E-state index contributed by atoms with van der Waals surface area (Å²) in [6.07, 6.45) is 0.484. The maximum absolute atomic E-state index is 10.9. The van der Waals surface area contributed by atoms with Gasteiger partial charge in [-0.1, -0.05) is 0 Å². The molecule has 0 saturated heterocycles. The van der Waals surface area contributed by atoms with Crippen molar-refractivity contribution in [3.63, 3.8) is 0 Å². The van der Waals surface area contributed by atoms with Gasteiger partial charge in [0.15, 0.2) is 0 Å². The lowest BCUT2D eigenvalue weighted by Crippen LogP contribution is -2.34. The Labute approximate surface area is 76.5 Å². The maximum Gasteiger partial charge on any atom is 0.322 e. The van der Waals surface area contributed by atoms with E-state index in [4.69, 9.17) is 11.0 Å². The van der Waals surface area contributed by atoms with E-state index in [1.165, 1.54) is 0 Å². The lowest BCUT2D eigenvalue weighted by atomic mass is 10.0. The predicted octanol–water partition coefficient (Wildman–Crippen LogP) is -0.394. The monoisotopic (exact) mass is 184 g/mol. The Bertz CT molecular complexity index is 222. The zero-order chi connectivity index (χ0) is 10.3. The summed E-state index contributed by atoms with van der Waals surface area (Å²) in [5, 5.41) is 8.40. The number of carbonyl (C=O) groups excluding carboxylic acids is 2. The summed E-state index contributed by atoms with van der Waals surface area (Å²) in [6, 6.07) is 0.830. The van der Waals surface area contributed by atoms with Crippen molar-refractivity contribution in [3.8, 4) is 6.07 Å². The van der Waals surface area contributed by atoms with E-state index in [0.29, 0.717) is 6.29 Å². The van der Waals surface area contributed by atoms with Crippen molar-refractivity contribution in [2.75, 3.05) is 6.61 Å². The maximum atomic E-state index is 10.9. The lowest BCUT2D eigenvalue weighted by molar-refractivity contribution is -0.145. The van der Waals surface area contributed by atoms with E-state index in [2.05, 4.69) is 4.74 Å². The van der Waals surface area contributed by atoms with Crippen LogP contribution in [0.25, 0.3) is 0 Å². The SMILES string of the molecule is CCOC(=O)C(N)CC(C#N)C=O. The van der Waals surface area contributed by atoms with Gasteiger partial charge in [0.25, 0.3) is 0 Å². The number of aldehydes is 1. The fraction of sp³-hybridized carbons (Fsp3) is 0.625. The van der Waals surface area contributed by atoms with Gasteiger partial charge < -0.3 is 15.3 Å². The van der Waals surface area contributed by atoms with E-state index in [-0.39, 0.29) is 13.0 Å². The van der Waals surface area contributed by atoms with Crippen molar-refractivity contribution < 1.29 is 14.3 Å². The molecule has 13 heavy (non-hydrogen) atoms. The third kappa shape index (κ3) is 4.23. The van der Waals surface area contributed by atoms with E-state index in [0.717, 1.165) is 0 Å². The first-order chi connectivity index (χ1) is 6.15. The second kappa shape index (κ2) is 6.14. The molecule has 0 aromatic carbocycles. The zero-order valence-electron chi connectivity index (χ0n) is 7.40. The Morgan fingerprint density at radius 3 is 2.77 bits per heavy atom. The molecular weight excluding hydrogens is 172 g/mol. The summed E-state index contributed by atoms with van der Waals surface area (Å²) >= 11 is 0. The van der Waals surface area contributed by atoms with Crippen LogP contribution in [0, 0.1) is 17.2 Å². The van der Waals surface area contributed by atoms with Crippen LogP contribution in [-0.4, -0.2) is 24.9 Å². The van der Waals surface area contributed by atoms with Gasteiger partial charge in [0.1, 0.15) is 18.2 Å². The van der Waals surface area contributed by atoms with Crippen LogP contribution in [0.4, 0.5) is 0 Å². The molecule has 0 fully saturated rings. The van der Waals surface area contributed by atoms with Crippen molar-refractivity contribution in [3.05, 3.63) is 0 Å². The van der Waals surface area contributed by atoms with Crippen LogP contribution in [0.2, 0.25) is 0 Å². The molecular formula is C8H12N2O3. The van der Waals surface area contributed by atoms with Crippen LogP contribution in [0.15, 0.2) is 0 Å². The van der Waals surface area contributed by atoms with Crippen LogP contribution in [0.5, 0.6) is 0 Å². The summed E-state index contributed by atoms with van der Waals surface area (Å²) in [7, 11) is 0. The quantitative estimate of drug-likeness (QED) is 0.463. The Hall–Kier alpha value is -1.41. The predicted molar refractivity (Wildman–Crippen MR) is 44.4 cm³/mol. The summed E-state index contributed by atoms with van der Waals surface area (Å²) in [4.78, 5) is 21.2. The third-order valence-corrected chi connectivity index (χ3v) is 1.43. The average molecular weight is 184 g/mol. The normalized spacial score (nSPS) is 13.9. The van der Waals surface area contributed by atoms with Crippen LogP contribution >= 0.6 is 0 Å². The molecule has 0 aliphatic heterocycles. The Morgan fingerprint density at radius 1 is 1.77 bits per heavy atom. The minimum atomic E-state index is -0.894. The molecule has 0 amide bonds. The fourth-order valence-electron chi connectivity index (χ4n) is 0.758. The van der Waals surface area contributed by atoms with Gasteiger partial charge in [0.05, 0.1) is 12.7 Å². The van der Waals surface area contributed by atoms with E-state index < -0.39 is 17.9 Å². The highest BCUT2D eigenvalue weighted by Gasteiger charge is 2.19. The number of hydrogen-bond acceptors (Lipinski definition) is 5. The second-order valence-corrected chi connectivity index (χ2v) is 2.47. The molecule has 0 aliphatic rings. The van der Waals surface area contributed by atoms with Crippen LogP contribution in [0.3, 0.4) is 0 Å². The molecule has 0 spiro atoms. The Morgan fingerprint density at radius 2 is 2.38 bits per heavy atom. The number of hydrogen-bond donors (Lipinski definition) is 1. The van der Waals surface area contributed by atoms with Gasteiger partial charge in [-0.05, 0) is 13.3 Å². The van der Waals surface area contributed by atoms with Gasteiger partial charge in [0, 0.05) is 0 Å². The molecule has 0 rings (SSSR count). The molecule has 0 heterocycles. The van der Waals surface area contributed by atoms with E-state index >= 15 is 0 Å². The molecule has 5 nitrogen and oxygen atoms in total. The van der Waals surface area contributed by atoms with Crippen molar-refractivity contribution in [2.24, 2.45) is 11.7 Å². The van der Waals surface area contributed by atoms with Crippen LogP contribution < -0.4 is 5.73 Å². The summed E-state index contributed by atoms with van der Waals surface area (Å²) in [5.41, 5.74) is 5.37. The molecule has 0 aromatic rings. The largest absolute Gasteiger partial charge is 0.465 e. The Balaban J connectivity index is 3.99. The van der Waals surface area contributed by atoms with Gasteiger partial charge in [-0.15, -0.1) is 0 Å². The first kappa shape index (κ1) is 11.6. The summed E-state index contributed by atoms with van der Waals surface area (Å²) in [6.45, 7) is 1.90. The molecule has 0 saturated carbocycles. The molecule has 0 radical (unpaired) electrons. The summed E-state index contributed by atoms with van der Waals surface area (Å²) in [5.74, 6) is -1.41. The number of nitriles is 1. The molecule has 0 bridgehead atoms. The molecule has 0 aliphatic carbocycles. The first-order valence-electron chi connectivity index (χ1n) is 3.92. The number of carbonyl (C=O) groups is 2. The highest BCUT2D eigenvalue weighted by Crippen LogP contribution is 2.02. The lowest BCUT2D eigenvalue weighted by Gasteiger charge is -2.10. The van der Waals surface area contributed by atoms with Gasteiger partial charge in [-0.25, -0.2) is 0 Å². The molecule has 72 valence electrons. The first-order valence-corrected chi connectivity index (χ1v) is 3.92. The van der Waals surface area contributed by atoms with E-state index in [1.54, 1.807) is 13.0 Å². The average Bonchev–Trinajstić information content (AvgIpc) is 2.14. The van der Waals surface area contributed by atoms with Crippen LogP contribution in [0.1, 0.15) is 13.3 Å². The van der Waals surface area contributed by atoms with Crippen molar-refractivity contribution in [1.82, 2.24) is 0 Å². The molecule has 2 atom stereocenters. The number of rotatable bonds is 5. The molecule has 0 aromatic heterocycles. The number of ether oxygens (including phenoxy) is 1. The Kier molecular flexibility index (Phi) is 5.48. The smallest absolute Gasteiger partial charge is 0.322 e. The highest BCUT2D eigenvalue weighted by molar-refractivity contribution is 5.76. The number of esters is 1. The zero-order valence-corrected chi connectivity index (χ0v) is 7.40. The number of nitrogens with zero attached hydrogens (tertiary/aromatic N) is 1. The minimum absolute atomic E-state index is 0.0127. The second-order valence-electron chi connectivity index (χ2n) is 2.47. The number of nitrogens with two attached hydrogens (primary N) is 1. The molecule has 2 N–H and O–H groups in total. The van der Waals surface area contributed by atoms with Gasteiger partial charge in [-0.2, -0.15) is 5.26 Å².